The van der Waals surface area contributed by atoms with E-state index in [2.05, 4.69) is 17.1 Å². The molecule has 7 heteroatoms. The highest BCUT2D eigenvalue weighted by Crippen LogP contribution is 2.28. The minimum Gasteiger partial charge on any atom is -0.354 e. The number of amides is 1. The first-order chi connectivity index (χ1) is 15.3. The lowest BCUT2D eigenvalue weighted by Gasteiger charge is -2.30. The normalized spacial score (nSPS) is 15.5. The minimum absolute atomic E-state index is 0.174. The second-order valence-electron chi connectivity index (χ2n) is 8.77. The van der Waals surface area contributed by atoms with Crippen molar-refractivity contribution in [2.45, 2.75) is 44.9 Å². The van der Waals surface area contributed by atoms with Crippen molar-refractivity contribution in [3.05, 3.63) is 59.7 Å². The van der Waals surface area contributed by atoms with Gasteiger partial charge in [0.2, 0.25) is 5.91 Å². The molecule has 0 saturated carbocycles. The number of sulfonamides is 1. The Bertz CT molecular complexity index is 1000. The molecule has 1 aliphatic heterocycles. The largest absolute Gasteiger partial charge is 0.354 e. The maximum atomic E-state index is 13.4. The quantitative estimate of drug-likeness (QED) is 0.583. The summed E-state index contributed by atoms with van der Waals surface area (Å²) in [4.78, 5) is 15.4. The molecule has 1 amide bonds. The lowest BCUT2D eigenvalue weighted by atomic mass is 9.99. The van der Waals surface area contributed by atoms with Crippen molar-refractivity contribution in [1.29, 1.82) is 0 Å². The lowest BCUT2D eigenvalue weighted by molar-refractivity contribution is -0.119. The molecule has 32 heavy (non-hydrogen) atoms. The van der Waals surface area contributed by atoms with Gasteiger partial charge in [-0.1, -0.05) is 37.3 Å². The highest BCUT2D eigenvalue weighted by atomic mass is 32.2. The SMILES string of the molecule is Cc1cccc(N(CC(=O)NCCCN2CCC(C)CC2)S(=O)(=O)c2ccccc2)c1C. The fraction of sp³-hybridized carbons (Fsp3) is 0.480. The molecule has 0 bridgehead atoms. The summed E-state index contributed by atoms with van der Waals surface area (Å²) in [6, 6.07) is 13.8. The number of likely N-dealkylation sites (tertiary alicyclic amines) is 1. The monoisotopic (exact) mass is 457 g/mol. The highest BCUT2D eigenvalue weighted by molar-refractivity contribution is 7.92. The Morgan fingerprint density at radius 1 is 1.06 bits per heavy atom. The molecule has 1 aliphatic rings. The molecule has 2 aromatic rings. The van der Waals surface area contributed by atoms with Gasteiger partial charge in [-0.2, -0.15) is 0 Å². The molecule has 0 aromatic heterocycles. The number of nitrogens with one attached hydrogen (secondary N) is 1. The standard InChI is InChI=1S/C25H35N3O3S/c1-20-13-17-27(18-14-20)16-8-15-26-25(29)19-28(24-12-7-9-21(2)22(24)3)32(30,31)23-10-5-4-6-11-23/h4-7,9-12,20H,8,13-19H2,1-3H3,(H,26,29). The number of hydrogen-bond acceptors (Lipinski definition) is 4. The Morgan fingerprint density at radius 2 is 1.75 bits per heavy atom. The van der Waals surface area contributed by atoms with Gasteiger partial charge in [-0.25, -0.2) is 8.42 Å². The van der Waals surface area contributed by atoms with E-state index in [9.17, 15) is 13.2 Å². The van der Waals surface area contributed by atoms with Gasteiger partial charge in [-0.3, -0.25) is 9.10 Å². The summed E-state index contributed by atoms with van der Waals surface area (Å²) < 4.78 is 28.1. The van der Waals surface area contributed by atoms with Crippen LogP contribution in [0.1, 0.15) is 37.3 Å². The Hall–Kier alpha value is -2.38. The number of aryl methyl sites for hydroxylation is 1. The fourth-order valence-electron chi connectivity index (χ4n) is 4.03. The molecule has 0 radical (unpaired) electrons. The number of piperidine rings is 1. The van der Waals surface area contributed by atoms with E-state index in [0.29, 0.717) is 12.2 Å². The van der Waals surface area contributed by atoms with Crippen LogP contribution in [0.3, 0.4) is 0 Å². The first-order valence-electron chi connectivity index (χ1n) is 11.4. The fourth-order valence-corrected chi connectivity index (χ4v) is 5.53. The van der Waals surface area contributed by atoms with Crippen LogP contribution in [0.15, 0.2) is 53.4 Å². The molecule has 1 heterocycles. The van der Waals surface area contributed by atoms with Crippen LogP contribution in [-0.4, -0.2) is 51.9 Å². The van der Waals surface area contributed by atoms with Crippen molar-refractivity contribution in [3.8, 4) is 0 Å². The highest BCUT2D eigenvalue weighted by Gasteiger charge is 2.28. The number of nitrogens with zero attached hydrogens (tertiary/aromatic N) is 2. The number of benzene rings is 2. The van der Waals surface area contributed by atoms with E-state index in [1.807, 2.05) is 26.0 Å². The average molecular weight is 458 g/mol. The summed E-state index contributed by atoms with van der Waals surface area (Å²) >= 11 is 0. The topological polar surface area (TPSA) is 69.7 Å². The minimum atomic E-state index is -3.88. The first kappa shape index (κ1) is 24.3. The van der Waals surface area contributed by atoms with E-state index in [4.69, 9.17) is 0 Å². The molecule has 0 spiro atoms. The van der Waals surface area contributed by atoms with Crippen LogP contribution in [0.4, 0.5) is 5.69 Å². The number of carbonyl (C=O) groups excluding carboxylic acids is 1. The van der Waals surface area contributed by atoms with Gasteiger partial charge in [0.05, 0.1) is 10.6 Å². The molecule has 1 saturated heterocycles. The van der Waals surface area contributed by atoms with E-state index < -0.39 is 10.0 Å². The molecule has 6 nitrogen and oxygen atoms in total. The van der Waals surface area contributed by atoms with Crippen molar-refractivity contribution in [1.82, 2.24) is 10.2 Å². The van der Waals surface area contributed by atoms with Gasteiger partial charge < -0.3 is 10.2 Å². The molecule has 2 aromatic carbocycles. The molecule has 1 fully saturated rings. The predicted molar refractivity (Wildman–Crippen MR) is 129 cm³/mol. The molecule has 0 atom stereocenters. The van der Waals surface area contributed by atoms with Gasteiger partial charge in [0.15, 0.2) is 0 Å². The van der Waals surface area contributed by atoms with Gasteiger partial charge in [-0.05, 0) is 88.0 Å². The zero-order chi connectivity index (χ0) is 23.1. The third-order valence-electron chi connectivity index (χ3n) is 6.31. The van der Waals surface area contributed by atoms with E-state index >= 15 is 0 Å². The summed E-state index contributed by atoms with van der Waals surface area (Å²) in [5.41, 5.74) is 2.36. The average Bonchev–Trinajstić information content (AvgIpc) is 2.79. The summed E-state index contributed by atoms with van der Waals surface area (Å²) in [5.74, 6) is 0.506. The van der Waals surface area contributed by atoms with Crippen LogP contribution < -0.4 is 9.62 Å². The second kappa shape index (κ2) is 11.0. The van der Waals surface area contributed by atoms with Crippen LogP contribution >= 0.6 is 0 Å². The predicted octanol–water partition coefficient (Wildman–Crippen LogP) is 3.74. The van der Waals surface area contributed by atoms with E-state index in [-0.39, 0.29) is 17.3 Å². The summed E-state index contributed by atoms with van der Waals surface area (Å²) in [6.45, 7) is 9.59. The van der Waals surface area contributed by atoms with Gasteiger partial charge in [0.25, 0.3) is 10.0 Å². The second-order valence-corrected chi connectivity index (χ2v) is 10.6. The zero-order valence-corrected chi connectivity index (χ0v) is 20.2. The molecule has 0 aliphatic carbocycles. The van der Waals surface area contributed by atoms with Crippen molar-refractivity contribution in [3.63, 3.8) is 0 Å². The lowest BCUT2D eigenvalue weighted by Crippen LogP contribution is -2.42. The zero-order valence-electron chi connectivity index (χ0n) is 19.4. The summed E-state index contributed by atoms with van der Waals surface area (Å²) in [6.07, 6.45) is 3.32. The molecule has 1 N–H and O–H groups in total. The van der Waals surface area contributed by atoms with Crippen LogP contribution in [0, 0.1) is 19.8 Å². The molecule has 3 rings (SSSR count). The molecular formula is C25H35N3O3S. The molecular weight excluding hydrogens is 422 g/mol. The Morgan fingerprint density at radius 3 is 2.44 bits per heavy atom. The summed E-state index contributed by atoms with van der Waals surface area (Å²) in [5, 5.41) is 2.92. The Kier molecular flexibility index (Phi) is 8.32. The number of carbonyl (C=O) groups is 1. The van der Waals surface area contributed by atoms with Gasteiger partial charge in [-0.15, -0.1) is 0 Å². The smallest absolute Gasteiger partial charge is 0.264 e. The first-order valence-corrected chi connectivity index (χ1v) is 12.9. The number of anilines is 1. The molecule has 174 valence electrons. The Balaban J connectivity index is 1.67. The van der Waals surface area contributed by atoms with Gasteiger partial charge >= 0.3 is 0 Å². The van der Waals surface area contributed by atoms with Crippen LogP contribution in [0.25, 0.3) is 0 Å². The van der Waals surface area contributed by atoms with Gasteiger partial charge in [0.1, 0.15) is 6.54 Å². The maximum Gasteiger partial charge on any atom is 0.264 e. The van der Waals surface area contributed by atoms with Crippen molar-refractivity contribution in [2.24, 2.45) is 5.92 Å². The van der Waals surface area contributed by atoms with Crippen LogP contribution in [-0.2, 0) is 14.8 Å². The van der Waals surface area contributed by atoms with E-state index in [0.717, 1.165) is 43.1 Å². The van der Waals surface area contributed by atoms with Crippen LogP contribution in [0.5, 0.6) is 0 Å². The Labute approximate surface area is 192 Å². The van der Waals surface area contributed by atoms with E-state index in [1.165, 1.54) is 17.1 Å². The number of hydrogen-bond donors (Lipinski definition) is 1. The third-order valence-corrected chi connectivity index (χ3v) is 8.09. The maximum absolute atomic E-state index is 13.4. The van der Waals surface area contributed by atoms with Crippen molar-refractivity contribution in [2.75, 3.05) is 37.0 Å². The van der Waals surface area contributed by atoms with E-state index in [1.54, 1.807) is 36.4 Å². The molecule has 0 unspecified atom stereocenters. The van der Waals surface area contributed by atoms with Crippen molar-refractivity contribution < 1.29 is 13.2 Å². The van der Waals surface area contributed by atoms with Gasteiger partial charge in [0, 0.05) is 6.54 Å². The van der Waals surface area contributed by atoms with Crippen molar-refractivity contribution >= 4 is 21.6 Å². The third kappa shape index (κ3) is 6.11. The number of rotatable bonds is 9. The van der Waals surface area contributed by atoms with Crippen LogP contribution in [0.2, 0.25) is 0 Å². The summed E-state index contributed by atoms with van der Waals surface area (Å²) in [7, 11) is -3.88.